The van der Waals surface area contributed by atoms with E-state index in [-0.39, 0.29) is 25.2 Å². The Kier molecular flexibility index (Phi) is 26.6. The van der Waals surface area contributed by atoms with Crippen LogP contribution in [0.25, 0.3) is 0 Å². The lowest BCUT2D eigenvalue weighted by Gasteiger charge is -2.15. The summed E-state index contributed by atoms with van der Waals surface area (Å²) in [6, 6.07) is 0. The van der Waals surface area contributed by atoms with E-state index in [1.165, 1.54) is 103 Å². The smallest absolute Gasteiger partial charge is 0.306 e. The number of hydrogen-bond donors (Lipinski definition) is 1. The van der Waals surface area contributed by atoms with Gasteiger partial charge in [-0.05, 0) is 12.8 Å². The van der Waals surface area contributed by atoms with Crippen molar-refractivity contribution in [3.05, 3.63) is 0 Å². The molecule has 0 rings (SSSR count). The molecule has 0 bridgehead atoms. The number of aliphatic hydroxyl groups excluding tert-OH is 1. The second-order valence-electron chi connectivity index (χ2n) is 10.2. The quantitative estimate of drug-likeness (QED) is 0.0908. The zero-order valence-electron chi connectivity index (χ0n) is 23.3. The van der Waals surface area contributed by atoms with E-state index in [9.17, 15) is 14.7 Å². The van der Waals surface area contributed by atoms with Crippen LogP contribution in [0.3, 0.4) is 0 Å². The third-order valence-corrected chi connectivity index (χ3v) is 6.65. The van der Waals surface area contributed by atoms with E-state index in [1.807, 2.05) is 0 Å². The fourth-order valence-electron chi connectivity index (χ4n) is 4.32. The molecule has 0 aliphatic rings. The Morgan fingerprint density at radius 2 is 0.886 bits per heavy atom. The summed E-state index contributed by atoms with van der Waals surface area (Å²) in [4.78, 5) is 23.9. The van der Waals surface area contributed by atoms with Crippen LogP contribution in [-0.4, -0.2) is 36.4 Å². The lowest BCUT2D eigenvalue weighted by Crippen LogP contribution is -2.28. The summed E-state index contributed by atoms with van der Waals surface area (Å²) in [5, 5.41) is 9.43. The van der Waals surface area contributed by atoms with Gasteiger partial charge in [-0.25, -0.2) is 0 Å². The summed E-state index contributed by atoms with van der Waals surface area (Å²) in [6.07, 6.45) is 25.8. The molecule has 0 aromatic heterocycles. The molecule has 5 heteroatoms. The van der Waals surface area contributed by atoms with Gasteiger partial charge in [0.25, 0.3) is 0 Å². The van der Waals surface area contributed by atoms with E-state index in [0.717, 1.165) is 32.1 Å². The Labute approximate surface area is 217 Å². The fourth-order valence-corrected chi connectivity index (χ4v) is 4.32. The highest BCUT2D eigenvalue weighted by molar-refractivity contribution is 5.70. The standard InChI is InChI=1S/C30H58O5/c1-3-5-7-9-11-13-14-15-16-17-19-20-22-24-29(32)34-27-28(26-31)35-30(33)25-23-21-18-12-10-8-6-4-2/h28,31H,3-27H2,1-2H3/t28-/m0/s1. The maximum absolute atomic E-state index is 12.0. The third kappa shape index (κ3) is 25.8. The zero-order chi connectivity index (χ0) is 25.8. The summed E-state index contributed by atoms with van der Waals surface area (Å²) >= 11 is 0. The molecular formula is C30H58O5. The first-order chi connectivity index (χ1) is 17.1. The van der Waals surface area contributed by atoms with E-state index >= 15 is 0 Å². The molecule has 0 saturated heterocycles. The van der Waals surface area contributed by atoms with E-state index < -0.39 is 6.10 Å². The largest absolute Gasteiger partial charge is 0.462 e. The number of ether oxygens (including phenoxy) is 2. The number of hydrogen-bond acceptors (Lipinski definition) is 5. The molecule has 5 nitrogen and oxygen atoms in total. The van der Waals surface area contributed by atoms with Crippen LogP contribution >= 0.6 is 0 Å². The summed E-state index contributed by atoms with van der Waals surface area (Å²) in [5.41, 5.74) is 0. The summed E-state index contributed by atoms with van der Waals surface area (Å²) in [7, 11) is 0. The number of esters is 2. The first-order valence-electron chi connectivity index (χ1n) is 15.1. The maximum atomic E-state index is 12.0. The first kappa shape index (κ1) is 33.9. The minimum Gasteiger partial charge on any atom is -0.462 e. The van der Waals surface area contributed by atoms with Gasteiger partial charge >= 0.3 is 11.9 Å². The Balaban J connectivity index is 3.55. The molecule has 0 spiro atoms. The molecule has 0 aromatic rings. The third-order valence-electron chi connectivity index (χ3n) is 6.65. The molecule has 208 valence electrons. The molecule has 0 unspecified atom stereocenters. The highest BCUT2D eigenvalue weighted by atomic mass is 16.6. The van der Waals surface area contributed by atoms with Crippen molar-refractivity contribution >= 4 is 11.9 Å². The van der Waals surface area contributed by atoms with Crippen LogP contribution in [0.2, 0.25) is 0 Å². The summed E-state index contributed by atoms with van der Waals surface area (Å²) in [5.74, 6) is -0.590. The number of carbonyl (C=O) groups excluding carboxylic acids is 2. The first-order valence-corrected chi connectivity index (χ1v) is 15.1. The second-order valence-corrected chi connectivity index (χ2v) is 10.2. The fraction of sp³-hybridized carbons (Fsp3) is 0.933. The van der Waals surface area contributed by atoms with Crippen molar-refractivity contribution in [3.8, 4) is 0 Å². The predicted molar refractivity (Wildman–Crippen MR) is 145 cm³/mol. The van der Waals surface area contributed by atoms with Gasteiger partial charge in [0.15, 0.2) is 6.10 Å². The van der Waals surface area contributed by atoms with Crippen molar-refractivity contribution in [3.63, 3.8) is 0 Å². The number of carbonyl (C=O) groups is 2. The highest BCUT2D eigenvalue weighted by Gasteiger charge is 2.16. The van der Waals surface area contributed by atoms with Gasteiger partial charge in [0.2, 0.25) is 0 Å². The average molecular weight is 499 g/mol. The molecule has 0 heterocycles. The number of aliphatic hydroxyl groups is 1. The average Bonchev–Trinajstić information content (AvgIpc) is 2.86. The van der Waals surface area contributed by atoms with Crippen molar-refractivity contribution < 1.29 is 24.2 Å². The Hall–Kier alpha value is -1.10. The van der Waals surface area contributed by atoms with Gasteiger partial charge in [0, 0.05) is 12.8 Å². The van der Waals surface area contributed by atoms with E-state index in [4.69, 9.17) is 9.47 Å². The topological polar surface area (TPSA) is 72.8 Å². The molecule has 0 aromatic carbocycles. The molecule has 1 N–H and O–H groups in total. The molecule has 0 aliphatic heterocycles. The monoisotopic (exact) mass is 498 g/mol. The maximum Gasteiger partial charge on any atom is 0.306 e. The normalized spacial score (nSPS) is 12.0. The zero-order valence-corrected chi connectivity index (χ0v) is 23.3. The van der Waals surface area contributed by atoms with Crippen LogP contribution in [0, 0.1) is 0 Å². The Morgan fingerprint density at radius 3 is 1.26 bits per heavy atom. The number of rotatable bonds is 27. The summed E-state index contributed by atoms with van der Waals surface area (Å²) in [6.45, 7) is 4.09. The second kappa shape index (κ2) is 27.5. The van der Waals surface area contributed by atoms with E-state index in [2.05, 4.69) is 13.8 Å². The van der Waals surface area contributed by atoms with Crippen molar-refractivity contribution in [1.82, 2.24) is 0 Å². The summed E-state index contributed by atoms with van der Waals surface area (Å²) < 4.78 is 10.5. The van der Waals surface area contributed by atoms with Crippen molar-refractivity contribution in [2.24, 2.45) is 0 Å². The van der Waals surface area contributed by atoms with E-state index in [1.54, 1.807) is 0 Å². The van der Waals surface area contributed by atoms with Gasteiger partial charge in [0.05, 0.1) is 6.61 Å². The number of unbranched alkanes of at least 4 members (excludes halogenated alkanes) is 19. The molecule has 0 radical (unpaired) electrons. The van der Waals surface area contributed by atoms with Gasteiger partial charge < -0.3 is 14.6 Å². The molecular weight excluding hydrogens is 440 g/mol. The van der Waals surface area contributed by atoms with Gasteiger partial charge in [0.1, 0.15) is 6.61 Å². The van der Waals surface area contributed by atoms with Crippen LogP contribution in [0.1, 0.15) is 162 Å². The molecule has 0 amide bonds. The van der Waals surface area contributed by atoms with Crippen LogP contribution in [-0.2, 0) is 19.1 Å². The minimum absolute atomic E-state index is 0.0586. The molecule has 1 atom stereocenters. The SMILES string of the molecule is CCCCCCCCCCCCCCCC(=O)OC[C@H](CO)OC(=O)CCCCCCCCCC. The molecule has 0 saturated carbocycles. The van der Waals surface area contributed by atoms with Gasteiger partial charge in [-0.2, -0.15) is 0 Å². The van der Waals surface area contributed by atoms with E-state index in [0.29, 0.717) is 12.8 Å². The van der Waals surface area contributed by atoms with Crippen molar-refractivity contribution in [2.75, 3.05) is 13.2 Å². The lowest BCUT2D eigenvalue weighted by atomic mass is 10.0. The van der Waals surface area contributed by atoms with Crippen LogP contribution in [0.15, 0.2) is 0 Å². The molecule has 0 aliphatic carbocycles. The predicted octanol–water partition coefficient (Wildman–Crippen LogP) is 8.45. The van der Waals surface area contributed by atoms with Crippen LogP contribution in [0.4, 0.5) is 0 Å². The Morgan fingerprint density at radius 1 is 0.543 bits per heavy atom. The Bertz CT molecular complexity index is 466. The highest BCUT2D eigenvalue weighted by Crippen LogP contribution is 2.13. The molecule has 35 heavy (non-hydrogen) atoms. The van der Waals surface area contributed by atoms with Crippen LogP contribution < -0.4 is 0 Å². The minimum atomic E-state index is -0.757. The van der Waals surface area contributed by atoms with Crippen molar-refractivity contribution in [2.45, 2.75) is 168 Å². The van der Waals surface area contributed by atoms with Gasteiger partial charge in [-0.3, -0.25) is 9.59 Å². The lowest BCUT2D eigenvalue weighted by molar-refractivity contribution is -0.161. The van der Waals surface area contributed by atoms with Gasteiger partial charge in [-0.15, -0.1) is 0 Å². The van der Waals surface area contributed by atoms with Gasteiger partial charge in [-0.1, -0.05) is 136 Å². The van der Waals surface area contributed by atoms with Crippen LogP contribution in [0.5, 0.6) is 0 Å². The van der Waals surface area contributed by atoms with Crippen molar-refractivity contribution in [1.29, 1.82) is 0 Å². The molecule has 0 fully saturated rings.